The number of aromatic nitrogens is 1. The number of rotatable bonds is 1. The molecule has 4 nitrogen and oxygen atoms in total. The van der Waals surface area contributed by atoms with Gasteiger partial charge in [-0.05, 0) is 19.4 Å². The van der Waals surface area contributed by atoms with Gasteiger partial charge in [-0.1, -0.05) is 6.42 Å². The summed E-state index contributed by atoms with van der Waals surface area (Å²) in [6.07, 6.45) is 5.11. The van der Waals surface area contributed by atoms with Crippen LogP contribution in [0.2, 0.25) is 0 Å². The molecule has 5 heteroatoms. The van der Waals surface area contributed by atoms with Crippen LogP contribution in [0.1, 0.15) is 19.3 Å². The van der Waals surface area contributed by atoms with Crippen molar-refractivity contribution in [3.05, 3.63) is 16.4 Å². The molecule has 1 atom stereocenters. The van der Waals surface area contributed by atoms with E-state index in [1.165, 1.54) is 11.3 Å². The van der Waals surface area contributed by atoms with Crippen molar-refractivity contribution in [2.45, 2.75) is 25.3 Å². The van der Waals surface area contributed by atoms with Gasteiger partial charge >= 0.3 is 0 Å². The Kier molecular flexibility index (Phi) is 3.33. The summed E-state index contributed by atoms with van der Waals surface area (Å²) in [5, 5.41) is 5.13. The maximum absolute atomic E-state index is 11.8. The van der Waals surface area contributed by atoms with Crippen molar-refractivity contribution < 1.29 is 4.79 Å². The molecule has 1 fully saturated rings. The fourth-order valence-corrected chi connectivity index (χ4v) is 2.40. The van der Waals surface area contributed by atoms with Gasteiger partial charge in [0.05, 0.1) is 6.04 Å². The van der Waals surface area contributed by atoms with E-state index in [0.29, 0.717) is 0 Å². The number of hydrogen-bond donors (Lipinski definition) is 1. The first-order chi connectivity index (χ1) is 7.27. The summed E-state index contributed by atoms with van der Waals surface area (Å²) < 4.78 is 1.87. The fourth-order valence-electron chi connectivity index (χ4n) is 1.67. The van der Waals surface area contributed by atoms with Crippen LogP contribution in [-0.2, 0) is 11.8 Å². The third-order valence-corrected chi connectivity index (χ3v) is 3.42. The molecule has 1 saturated heterocycles. The molecule has 0 bridgehead atoms. The molecule has 2 rings (SSSR count). The molecule has 0 saturated carbocycles. The Labute approximate surface area is 92.7 Å². The van der Waals surface area contributed by atoms with Gasteiger partial charge in [-0.2, -0.15) is 4.99 Å². The minimum absolute atomic E-state index is 0.0345. The van der Waals surface area contributed by atoms with Crippen LogP contribution < -0.4 is 10.1 Å². The van der Waals surface area contributed by atoms with E-state index in [0.717, 1.165) is 30.6 Å². The normalized spacial score (nSPS) is 23.0. The van der Waals surface area contributed by atoms with Crippen LogP contribution in [0.15, 0.2) is 16.6 Å². The SMILES string of the molecule is Cn1ccsc1=NC(=O)[C@@H]1CCCCN1. The molecule has 1 aromatic rings. The summed E-state index contributed by atoms with van der Waals surface area (Å²) in [7, 11) is 1.90. The predicted molar refractivity (Wildman–Crippen MR) is 59.5 cm³/mol. The molecule has 2 heterocycles. The van der Waals surface area contributed by atoms with Gasteiger partial charge in [0.25, 0.3) is 5.91 Å². The second-order valence-electron chi connectivity index (χ2n) is 3.75. The van der Waals surface area contributed by atoms with E-state index in [9.17, 15) is 4.79 Å². The number of piperidine rings is 1. The first kappa shape index (κ1) is 10.6. The van der Waals surface area contributed by atoms with Gasteiger partial charge in [-0.15, -0.1) is 11.3 Å². The van der Waals surface area contributed by atoms with Crippen molar-refractivity contribution >= 4 is 17.2 Å². The topological polar surface area (TPSA) is 46.4 Å². The molecule has 82 valence electrons. The summed E-state index contributed by atoms with van der Waals surface area (Å²) in [5.74, 6) is -0.0345. The highest BCUT2D eigenvalue weighted by atomic mass is 32.1. The molecule has 1 aromatic heterocycles. The van der Waals surface area contributed by atoms with Crippen molar-refractivity contribution in [2.24, 2.45) is 12.0 Å². The highest BCUT2D eigenvalue weighted by molar-refractivity contribution is 7.07. The molecule has 0 radical (unpaired) electrons. The average Bonchev–Trinajstić information content (AvgIpc) is 2.66. The lowest BCUT2D eigenvalue weighted by Crippen LogP contribution is -2.40. The van der Waals surface area contributed by atoms with E-state index in [-0.39, 0.29) is 11.9 Å². The van der Waals surface area contributed by atoms with E-state index in [2.05, 4.69) is 10.3 Å². The molecular formula is C10H15N3OS. The largest absolute Gasteiger partial charge is 0.327 e. The summed E-state index contributed by atoms with van der Waals surface area (Å²) in [5.41, 5.74) is 0. The Morgan fingerprint density at radius 2 is 2.53 bits per heavy atom. The Balaban J connectivity index is 2.12. The third-order valence-electron chi connectivity index (χ3n) is 2.57. The smallest absolute Gasteiger partial charge is 0.265 e. The van der Waals surface area contributed by atoms with Gasteiger partial charge in [0.2, 0.25) is 0 Å². The Morgan fingerprint density at radius 3 is 3.13 bits per heavy atom. The number of aryl methyl sites for hydroxylation is 1. The van der Waals surface area contributed by atoms with Crippen LogP contribution in [0, 0.1) is 0 Å². The Hall–Kier alpha value is -0.940. The molecule has 1 aliphatic heterocycles. The second kappa shape index (κ2) is 4.72. The molecule has 15 heavy (non-hydrogen) atoms. The van der Waals surface area contributed by atoms with Crippen molar-refractivity contribution in [3.8, 4) is 0 Å². The lowest BCUT2D eigenvalue weighted by Gasteiger charge is -2.19. The van der Waals surface area contributed by atoms with Gasteiger partial charge < -0.3 is 9.88 Å². The molecule has 0 aliphatic carbocycles. The first-order valence-corrected chi connectivity index (χ1v) is 6.07. The van der Waals surface area contributed by atoms with Gasteiger partial charge in [-0.25, -0.2) is 0 Å². The van der Waals surface area contributed by atoms with E-state index in [1.54, 1.807) is 0 Å². The standard InChI is InChI=1S/C10H15N3OS/c1-13-6-7-15-10(13)12-9(14)8-4-2-3-5-11-8/h6-8,11H,2-5H2,1H3/t8-/m0/s1. The van der Waals surface area contributed by atoms with Gasteiger partial charge in [-0.3, -0.25) is 4.79 Å². The number of thiazole rings is 1. The van der Waals surface area contributed by atoms with Crippen molar-refractivity contribution in [1.82, 2.24) is 9.88 Å². The van der Waals surface area contributed by atoms with Gasteiger partial charge in [0, 0.05) is 18.6 Å². The lowest BCUT2D eigenvalue weighted by molar-refractivity contribution is -0.120. The quantitative estimate of drug-likeness (QED) is 0.763. The fraction of sp³-hybridized carbons (Fsp3) is 0.600. The van der Waals surface area contributed by atoms with Crippen molar-refractivity contribution in [3.63, 3.8) is 0 Å². The monoisotopic (exact) mass is 225 g/mol. The summed E-state index contributed by atoms with van der Waals surface area (Å²) >= 11 is 1.49. The molecular weight excluding hydrogens is 210 g/mol. The number of hydrogen-bond acceptors (Lipinski definition) is 3. The van der Waals surface area contributed by atoms with Crippen molar-refractivity contribution in [2.75, 3.05) is 6.54 Å². The minimum atomic E-state index is -0.0687. The van der Waals surface area contributed by atoms with Crippen LogP contribution in [0.4, 0.5) is 0 Å². The first-order valence-electron chi connectivity index (χ1n) is 5.19. The van der Waals surface area contributed by atoms with E-state index < -0.39 is 0 Å². The lowest BCUT2D eigenvalue weighted by atomic mass is 10.0. The van der Waals surface area contributed by atoms with E-state index in [4.69, 9.17) is 0 Å². The van der Waals surface area contributed by atoms with E-state index >= 15 is 0 Å². The molecule has 1 aliphatic rings. The molecule has 0 unspecified atom stereocenters. The number of carbonyl (C=O) groups is 1. The number of nitrogens with one attached hydrogen (secondary N) is 1. The van der Waals surface area contributed by atoms with Gasteiger partial charge in [0.1, 0.15) is 0 Å². The molecule has 1 amide bonds. The molecule has 1 N–H and O–H groups in total. The predicted octanol–water partition coefficient (Wildman–Crippen LogP) is 0.656. The number of nitrogens with zero attached hydrogens (tertiary/aromatic N) is 2. The molecule has 0 aromatic carbocycles. The summed E-state index contributed by atoms with van der Waals surface area (Å²) in [6.45, 7) is 0.933. The Bertz CT molecular complexity index is 401. The number of amides is 1. The minimum Gasteiger partial charge on any atom is -0.327 e. The van der Waals surface area contributed by atoms with E-state index in [1.807, 2.05) is 23.2 Å². The summed E-state index contributed by atoms with van der Waals surface area (Å²) in [6, 6.07) is -0.0687. The van der Waals surface area contributed by atoms with Crippen molar-refractivity contribution in [1.29, 1.82) is 0 Å². The van der Waals surface area contributed by atoms with Crippen LogP contribution in [0.5, 0.6) is 0 Å². The maximum atomic E-state index is 11.8. The highest BCUT2D eigenvalue weighted by Gasteiger charge is 2.19. The Morgan fingerprint density at radius 1 is 1.67 bits per heavy atom. The second-order valence-corrected chi connectivity index (χ2v) is 4.62. The summed E-state index contributed by atoms with van der Waals surface area (Å²) in [4.78, 5) is 16.7. The average molecular weight is 225 g/mol. The number of carbonyl (C=O) groups excluding carboxylic acids is 1. The van der Waals surface area contributed by atoms with Crippen LogP contribution >= 0.6 is 11.3 Å². The van der Waals surface area contributed by atoms with Crippen LogP contribution in [-0.4, -0.2) is 23.1 Å². The zero-order chi connectivity index (χ0) is 10.7. The van der Waals surface area contributed by atoms with Crippen LogP contribution in [0.25, 0.3) is 0 Å². The van der Waals surface area contributed by atoms with Gasteiger partial charge in [0.15, 0.2) is 4.80 Å². The highest BCUT2D eigenvalue weighted by Crippen LogP contribution is 2.07. The zero-order valence-electron chi connectivity index (χ0n) is 8.77. The zero-order valence-corrected chi connectivity index (χ0v) is 9.59. The van der Waals surface area contributed by atoms with Crippen LogP contribution in [0.3, 0.4) is 0 Å². The third kappa shape index (κ3) is 2.54. The molecule has 0 spiro atoms. The maximum Gasteiger partial charge on any atom is 0.265 e.